The molecule has 1 amide bonds. The molecule has 1 aliphatic heterocycles. The maximum absolute atomic E-state index is 12.3. The summed E-state index contributed by atoms with van der Waals surface area (Å²) in [6, 6.07) is 8.24. The third kappa shape index (κ3) is 9.63. The van der Waals surface area contributed by atoms with Gasteiger partial charge in [-0.1, -0.05) is 13.8 Å². The number of carbonyl (C=O) groups excluding carboxylic acids is 2. The number of carbonyl (C=O) groups is 2. The molecule has 0 unspecified atom stereocenters. The van der Waals surface area contributed by atoms with Crippen molar-refractivity contribution >= 4 is 44.5 Å². The molecule has 4 rings (SSSR count). The average molecular weight is 633 g/mol. The van der Waals surface area contributed by atoms with Gasteiger partial charge in [0.05, 0.1) is 16.8 Å². The zero-order chi connectivity index (χ0) is 31.7. The van der Waals surface area contributed by atoms with Gasteiger partial charge in [0.25, 0.3) is 5.91 Å². The number of sulfonamides is 1. The number of hydrogen-bond donors (Lipinski definition) is 4. The molecule has 1 aromatic carbocycles. The van der Waals surface area contributed by atoms with Gasteiger partial charge in [0.1, 0.15) is 0 Å². The summed E-state index contributed by atoms with van der Waals surface area (Å²) in [7, 11) is -2.17. The lowest BCUT2D eigenvalue weighted by Gasteiger charge is -2.31. The lowest BCUT2D eigenvalue weighted by Crippen LogP contribution is -2.38. The zero-order valence-electron chi connectivity index (χ0n) is 24.1. The maximum Gasteiger partial charge on any atom is 0.446 e. The number of piperidine rings is 1. The van der Waals surface area contributed by atoms with Crippen LogP contribution >= 0.6 is 11.3 Å². The van der Waals surface area contributed by atoms with Crippen molar-refractivity contribution < 1.29 is 36.3 Å². The third-order valence-electron chi connectivity index (χ3n) is 6.67. The lowest BCUT2D eigenvalue weighted by molar-refractivity contribution is -0.156. The number of nitrogens with zero attached hydrogens (tertiary/aromatic N) is 1. The number of rotatable bonds is 9. The van der Waals surface area contributed by atoms with Crippen LogP contribution in [0.1, 0.15) is 60.3 Å². The molecule has 0 saturated carbocycles. The second-order valence-electron chi connectivity index (χ2n) is 10.1. The van der Waals surface area contributed by atoms with Crippen LogP contribution in [0.3, 0.4) is 0 Å². The first-order chi connectivity index (χ1) is 19.8. The molecule has 5 N–H and O–H groups in total. The van der Waals surface area contributed by atoms with Crippen LogP contribution in [0.15, 0.2) is 30.5 Å². The molecule has 0 radical (unpaired) electrons. The first-order valence-electron chi connectivity index (χ1n) is 13.5. The Kier molecular flexibility index (Phi) is 13.2. The summed E-state index contributed by atoms with van der Waals surface area (Å²) in [6.07, 6.45) is -2.22. The van der Waals surface area contributed by atoms with E-state index in [0.29, 0.717) is 24.6 Å². The molecule has 2 aromatic heterocycles. The molecule has 9 nitrogen and oxygen atoms in total. The van der Waals surface area contributed by atoms with Crippen LogP contribution in [0.5, 0.6) is 0 Å². The first kappa shape index (κ1) is 35.4. The highest BCUT2D eigenvalue weighted by Crippen LogP contribution is 2.38. The number of aromatic amines is 1. The number of primary amides is 1. The molecule has 0 atom stereocenters. The fourth-order valence-corrected chi connectivity index (χ4v) is 6.76. The summed E-state index contributed by atoms with van der Waals surface area (Å²) < 4.78 is 57.3. The quantitative estimate of drug-likeness (QED) is 0.253. The highest BCUT2D eigenvalue weighted by molar-refractivity contribution is 7.89. The number of aliphatic hydroxyl groups is 1. The van der Waals surface area contributed by atoms with Crippen molar-refractivity contribution in [1.82, 2.24) is 14.6 Å². The SMILES string of the molecule is CCS(=O)(=O)N1CCC(c2c[nH]c3c(C(N)=O)cc(-c4ccc(CNCC(C)C)s4)cc23)CC1.CO.O=CC(F)(F)F. The van der Waals surface area contributed by atoms with E-state index in [9.17, 15) is 26.4 Å². The average Bonchev–Trinajstić information content (AvgIpc) is 3.61. The first-order valence-corrected chi connectivity index (χ1v) is 15.9. The number of aliphatic hydroxyl groups excluding tert-OH is 1. The Balaban J connectivity index is 0.000000686. The summed E-state index contributed by atoms with van der Waals surface area (Å²) >= 11 is 1.72. The molecule has 42 heavy (non-hydrogen) atoms. The van der Waals surface area contributed by atoms with E-state index in [4.69, 9.17) is 15.6 Å². The van der Waals surface area contributed by atoms with E-state index in [-0.39, 0.29) is 11.7 Å². The Morgan fingerprint density at radius 1 is 1.24 bits per heavy atom. The van der Waals surface area contributed by atoms with Crippen molar-refractivity contribution in [3.05, 3.63) is 46.5 Å². The smallest absolute Gasteiger partial charge is 0.400 e. The Labute approximate surface area is 248 Å². The number of H-pyrrole nitrogens is 1. The van der Waals surface area contributed by atoms with Crippen LogP contribution in [0.25, 0.3) is 21.3 Å². The number of halogens is 3. The van der Waals surface area contributed by atoms with Gasteiger partial charge < -0.3 is 21.1 Å². The van der Waals surface area contributed by atoms with E-state index < -0.39 is 28.4 Å². The minimum absolute atomic E-state index is 0.131. The van der Waals surface area contributed by atoms with Gasteiger partial charge in [-0.05, 0) is 73.5 Å². The van der Waals surface area contributed by atoms with Gasteiger partial charge in [-0.2, -0.15) is 13.2 Å². The van der Waals surface area contributed by atoms with E-state index in [1.165, 1.54) is 4.88 Å². The molecule has 0 aliphatic carbocycles. The van der Waals surface area contributed by atoms with Crippen LogP contribution in [-0.4, -0.2) is 73.7 Å². The van der Waals surface area contributed by atoms with Crippen LogP contribution in [0, 0.1) is 5.92 Å². The van der Waals surface area contributed by atoms with E-state index in [1.54, 1.807) is 22.6 Å². The number of benzene rings is 1. The standard InChI is InChI=1S/C25H34N4O3S2.C2HF3O.CH4O/c1-4-34(31,32)29-9-7-17(8-10-29)22-15-28-24-20(22)11-18(12-21(24)25(26)30)23-6-5-19(33-23)14-27-13-16(2)3;3-2(4,5)1-6;1-2/h5-6,11-12,15-17,27-28H,4,7-10,13-14H2,1-3H3,(H2,26,30);1H;2H,1H3. The number of nitrogens with one attached hydrogen (secondary N) is 2. The maximum atomic E-state index is 12.3. The molecule has 1 aliphatic rings. The highest BCUT2D eigenvalue weighted by Gasteiger charge is 2.29. The van der Waals surface area contributed by atoms with Crippen molar-refractivity contribution in [2.24, 2.45) is 11.7 Å². The van der Waals surface area contributed by atoms with Crippen LogP contribution in [0.2, 0.25) is 0 Å². The Morgan fingerprint density at radius 2 is 1.86 bits per heavy atom. The predicted octanol–water partition coefficient (Wildman–Crippen LogP) is 4.63. The lowest BCUT2D eigenvalue weighted by atomic mass is 9.89. The second kappa shape index (κ2) is 15.6. The van der Waals surface area contributed by atoms with Crippen LogP contribution in [0.4, 0.5) is 13.2 Å². The van der Waals surface area contributed by atoms with Gasteiger partial charge in [0.2, 0.25) is 16.3 Å². The molecule has 0 bridgehead atoms. The van der Waals surface area contributed by atoms with Gasteiger partial charge in [0, 0.05) is 48.1 Å². The van der Waals surface area contributed by atoms with Gasteiger partial charge in [0.15, 0.2) is 0 Å². The molecule has 234 valence electrons. The number of aromatic nitrogens is 1. The molecule has 14 heteroatoms. The van der Waals surface area contributed by atoms with Crippen molar-refractivity contribution in [2.75, 3.05) is 32.5 Å². The topological polar surface area (TPSA) is 146 Å². The molecule has 1 saturated heterocycles. The molecule has 1 fully saturated rings. The third-order valence-corrected chi connectivity index (χ3v) is 9.69. The van der Waals surface area contributed by atoms with Crippen molar-refractivity contribution in [3.8, 4) is 10.4 Å². The van der Waals surface area contributed by atoms with Gasteiger partial charge in [-0.15, -0.1) is 11.3 Å². The summed E-state index contributed by atoms with van der Waals surface area (Å²) in [4.78, 5) is 26.6. The largest absolute Gasteiger partial charge is 0.446 e. The number of alkyl halides is 3. The van der Waals surface area contributed by atoms with E-state index in [2.05, 4.69) is 42.3 Å². The number of aldehydes is 1. The number of fused-ring (bicyclic) bond motifs is 1. The fourth-order valence-electron chi connectivity index (χ4n) is 4.67. The molecule has 3 aromatic rings. The Morgan fingerprint density at radius 3 is 2.38 bits per heavy atom. The van der Waals surface area contributed by atoms with Crippen molar-refractivity contribution in [3.63, 3.8) is 0 Å². The number of amides is 1. The van der Waals surface area contributed by atoms with E-state index in [1.807, 2.05) is 12.3 Å². The monoisotopic (exact) mass is 632 g/mol. The molecule has 3 heterocycles. The van der Waals surface area contributed by atoms with Crippen molar-refractivity contribution in [1.29, 1.82) is 0 Å². The number of hydrogen-bond acceptors (Lipinski definition) is 7. The normalized spacial score (nSPS) is 14.7. The highest BCUT2D eigenvalue weighted by atomic mass is 32.2. The van der Waals surface area contributed by atoms with E-state index >= 15 is 0 Å². The number of nitrogens with two attached hydrogens (primary N) is 1. The summed E-state index contributed by atoms with van der Waals surface area (Å²) in [5.41, 5.74) is 9.10. The van der Waals surface area contributed by atoms with Crippen molar-refractivity contribution in [2.45, 2.75) is 52.3 Å². The Bertz CT molecular complexity index is 1430. The van der Waals surface area contributed by atoms with Crippen LogP contribution in [-0.2, 0) is 21.4 Å². The van der Waals surface area contributed by atoms with Gasteiger partial charge >= 0.3 is 6.18 Å². The minimum atomic E-state index is -4.64. The zero-order valence-corrected chi connectivity index (χ0v) is 25.8. The van der Waals surface area contributed by atoms with E-state index in [0.717, 1.165) is 59.9 Å². The molecular formula is C28H39F3N4O5S2. The Hall–Kier alpha value is -2.78. The van der Waals surface area contributed by atoms with Crippen LogP contribution < -0.4 is 11.1 Å². The predicted molar refractivity (Wildman–Crippen MR) is 160 cm³/mol. The summed E-state index contributed by atoms with van der Waals surface area (Å²) in [6.45, 7) is 8.90. The fraction of sp³-hybridized carbons (Fsp3) is 0.500. The second-order valence-corrected chi connectivity index (χ2v) is 13.5. The summed E-state index contributed by atoms with van der Waals surface area (Å²) in [5.74, 6) is 0.499. The molecular weight excluding hydrogens is 593 g/mol. The molecule has 0 spiro atoms. The summed E-state index contributed by atoms with van der Waals surface area (Å²) in [5, 5.41) is 11.5. The van der Waals surface area contributed by atoms with Gasteiger partial charge in [-0.25, -0.2) is 12.7 Å². The van der Waals surface area contributed by atoms with Gasteiger partial charge in [-0.3, -0.25) is 9.59 Å². The minimum Gasteiger partial charge on any atom is -0.400 e. The number of thiophene rings is 1.